The van der Waals surface area contributed by atoms with E-state index in [2.05, 4.69) is 9.46 Å². The average molecular weight is 395 g/mol. The lowest BCUT2D eigenvalue weighted by atomic mass is 10.3. The molecule has 0 saturated heterocycles. The Balaban J connectivity index is 2.19. The normalized spacial score (nSPS) is 12.6. The lowest BCUT2D eigenvalue weighted by Gasteiger charge is -2.11. The van der Waals surface area contributed by atoms with E-state index in [-0.39, 0.29) is 15.5 Å². The number of halogens is 3. The molecule has 0 bridgehead atoms. The van der Waals surface area contributed by atoms with Crippen molar-refractivity contribution in [2.45, 2.75) is 16.2 Å². The van der Waals surface area contributed by atoms with E-state index in [1.54, 1.807) is 0 Å². The molecule has 0 aromatic heterocycles. The van der Waals surface area contributed by atoms with Crippen molar-refractivity contribution >= 4 is 25.5 Å². The fourth-order valence-electron chi connectivity index (χ4n) is 1.80. The highest BCUT2D eigenvalue weighted by Gasteiger charge is 2.31. The molecule has 0 atom stereocenters. The molecule has 0 amide bonds. The number of benzene rings is 2. The third kappa shape index (κ3) is 5.36. The Bertz CT molecular complexity index is 951. The molecule has 0 aliphatic rings. The van der Waals surface area contributed by atoms with Gasteiger partial charge in [0.05, 0.1) is 9.79 Å². The van der Waals surface area contributed by atoms with Gasteiger partial charge in [-0.15, -0.1) is 13.2 Å². The van der Waals surface area contributed by atoms with Crippen molar-refractivity contribution < 1.29 is 34.7 Å². The average Bonchev–Trinajstić information content (AvgIpc) is 2.45. The Morgan fingerprint density at radius 2 is 1.32 bits per heavy atom. The zero-order valence-corrected chi connectivity index (χ0v) is 14.2. The molecule has 2 aromatic rings. The van der Waals surface area contributed by atoms with Crippen LogP contribution in [0.4, 0.5) is 18.9 Å². The van der Waals surface area contributed by atoms with Gasteiger partial charge in [0.2, 0.25) is 0 Å². The summed E-state index contributed by atoms with van der Waals surface area (Å²) in [5.41, 5.74) is 0.100. The summed E-state index contributed by atoms with van der Waals surface area (Å²) in [6, 6.07) is 8.62. The van der Waals surface area contributed by atoms with Gasteiger partial charge in [-0.3, -0.25) is 4.72 Å². The third-order valence-corrected chi connectivity index (χ3v) is 5.43. The van der Waals surface area contributed by atoms with Gasteiger partial charge in [0, 0.05) is 11.9 Å². The first kappa shape index (κ1) is 19.1. The van der Waals surface area contributed by atoms with Crippen molar-refractivity contribution in [3.05, 3.63) is 48.5 Å². The van der Waals surface area contributed by atoms with Crippen molar-refractivity contribution in [2.75, 3.05) is 11.0 Å². The van der Waals surface area contributed by atoms with Gasteiger partial charge in [0.15, 0.2) is 9.84 Å². The van der Waals surface area contributed by atoms with Crippen molar-refractivity contribution in [3.63, 3.8) is 0 Å². The van der Waals surface area contributed by atoms with E-state index >= 15 is 0 Å². The Morgan fingerprint density at radius 3 is 1.76 bits per heavy atom. The number of nitrogens with one attached hydrogen (secondary N) is 1. The lowest BCUT2D eigenvalue weighted by molar-refractivity contribution is -0.274. The van der Waals surface area contributed by atoms with Gasteiger partial charge in [-0.05, 0) is 48.5 Å². The molecule has 0 fully saturated rings. The second-order valence-electron chi connectivity index (χ2n) is 4.92. The van der Waals surface area contributed by atoms with E-state index in [0.29, 0.717) is 0 Å². The Morgan fingerprint density at radius 1 is 0.840 bits per heavy atom. The van der Waals surface area contributed by atoms with Crippen LogP contribution in [0.15, 0.2) is 58.3 Å². The molecular weight excluding hydrogens is 383 g/mol. The minimum Gasteiger partial charge on any atom is -0.406 e. The first-order valence-electron chi connectivity index (χ1n) is 6.56. The van der Waals surface area contributed by atoms with Crippen LogP contribution in [0.3, 0.4) is 0 Å². The Kier molecular flexibility index (Phi) is 5.00. The summed E-state index contributed by atoms with van der Waals surface area (Å²) in [4.78, 5) is -0.265. The number of sulfonamides is 1. The molecule has 0 heterocycles. The maximum Gasteiger partial charge on any atom is 0.573 e. The predicted molar refractivity (Wildman–Crippen MR) is 83.5 cm³/mol. The number of hydrogen-bond donors (Lipinski definition) is 1. The Labute approximate surface area is 142 Å². The lowest BCUT2D eigenvalue weighted by Crippen LogP contribution is -2.17. The fraction of sp³-hybridized carbons (Fsp3) is 0.143. The summed E-state index contributed by atoms with van der Waals surface area (Å²) < 4.78 is 89.2. The molecule has 0 spiro atoms. The zero-order chi connectivity index (χ0) is 18.9. The molecule has 136 valence electrons. The summed E-state index contributed by atoms with van der Waals surface area (Å²) in [5.74, 6) is -0.552. The van der Waals surface area contributed by atoms with Crippen LogP contribution in [0.25, 0.3) is 0 Å². The van der Waals surface area contributed by atoms with E-state index in [0.717, 1.165) is 30.5 Å². The standard InChI is InChI=1S/C14H12F3NO5S2/c1-24(19,20)12-6-2-10(3-7-12)18-25(21,22)13-8-4-11(5-9-13)23-14(15,16)17/h2-9,18H,1H3. The molecule has 0 radical (unpaired) electrons. The van der Waals surface area contributed by atoms with Gasteiger partial charge in [0.1, 0.15) is 5.75 Å². The first-order valence-corrected chi connectivity index (χ1v) is 9.93. The van der Waals surface area contributed by atoms with E-state index in [1.807, 2.05) is 0 Å². The second kappa shape index (κ2) is 6.56. The van der Waals surface area contributed by atoms with Crippen molar-refractivity contribution in [1.29, 1.82) is 0 Å². The van der Waals surface area contributed by atoms with Crippen molar-refractivity contribution in [3.8, 4) is 5.75 Å². The fourth-order valence-corrected chi connectivity index (χ4v) is 3.49. The molecule has 6 nitrogen and oxygen atoms in total. The number of sulfone groups is 1. The van der Waals surface area contributed by atoms with E-state index in [1.165, 1.54) is 24.3 Å². The van der Waals surface area contributed by atoms with Crippen LogP contribution in [0.2, 0.25) is 0 Å². The number of alkyl halides is 3. The second-order valence-corrected chi connectivity index (χ2v) is 8.62. The van der Waals surface area contributed by atoms with Crippen LogP contribution in [-0.4, -0.2) is 29.5 Å². The molecule has 1 N–H and O–H groups in total. The van der Waals surface area contributed by atoms with Crippen LogP contribution < -0.4 is 9.46 Å². The predicted octanol–water partition coefficient (Wildman–Crippen LogP) is 2.79. The minimum atomic E-state index is -4.87. The minimum absolute atomic E-state index is 0.0177. The van der Waals surface area contributed by atoms with E-state index in [4.69, 9.17) is 0 Å². The van der Waals surface area contributed by atoms with Crippen molar-refractivity contribution in [2.24, 2.45) is 0 Å². The van der Waals surface area contributed by atoms with Crippen LogP contribution in [0, 0.1) is 0 Å². The van der Waals surface area contributed by atoms with Crippen LogP contribution >= 0.6 is 0 Å². The molecular formula is C14H12F3NO5S2. The number of hydrogen-bond acceptors (Lipinski definition) is 5. The topological polar surface area (TPSA) is 89.5 Å². The number of anilines is 1. The molecule has 0 unspecified atom stereocenters. The van der Waals surface area contributed by atoms with E-state index < -0.39 is 32.0 Å². The largest absolute Gasteiger partial charge is 0.573 e. The van der Waals surface area contributed by atoms with Crippen LogP contribution in [0.1, 0.15) is 0 Å². The summed E-state index contributed by atoms with van der Waals surface area (Å²) >= 11 is 0. The van der Waals surface area contributed by atoms with E-state index in [9.17, 15) is 30.0 Å². The molecule has 0 aliphatic heterocycles. The molecule has 2 aromatic carbocycles. The number of rotatable bonds is 5. The van der Waals surface area contributed by atoms with Crippen LogP contribution in [0.5, 0.6) is 5.75 Å². The summed E-state index contributed by atoms with van der Waals surface area (Å²) in [6.07, 6.45) is -3.86. The molecule has 11 heteroatoms. The van der Waals surface area contributed by atoms with Crippen molar-refractivity contribution in [1.82, 2.24) is 0 Å². The number of ether oxygens (including phenoxy) is 1. The molecule has 0 saturated carbocycles. The summed E-state index contributed by atoms with van der Waals surface area (Å²) in [7, 11) is -7.48. The van der Waals surface area contributed by atoms with Crippen LogP contribution in [-0.2, 0) is 19.9 Å². The monoisotopic (exact) mass is 395 g/mol. The zero-order valence-electron chi connectivity index (χ0n) is 12.6. The van der Waals surface area contributed by atoms with Gasteiger partial charge in [-0.1, -0.05) is 0 Å². The van der Waals surface area contributed by atoms with Gasteiger partial charge < -0.3 is 4.74 Å². The quantitative estimate of drug-likeness (QED) is 0.841. The smallest absolute Gasteiger partial charge is 0.406 e. The van der Waals surface area contributed by atoms with Gasteiger partial charge in [0.25, 0.3) is 10.0 Å². The highest BCUT2D eigenvalue weighted by Crippen LogP contribution is 2.25. The highest BCUT2D eigenvalue weighted by molar-refractivity contribution is 7.92. The molecule has 2 rings (SSSR count). The van der Waals surface area contributed by atoms with Gasteiger partial charge in [-0.2, -0.15) is 0 Å². The van der Waals surface area contributed by atoms with Gasteiger partial charge >= 0.3 is 6.36 Å². The maximum atomic E-state index is 12.2. The Hall–Kier alpha value is -2.27. The maximum absolute atomic E-state index is 12.2. The third-order valence-electron chi connectivity index (χ3n) is 2.90. The SMILES string of the molecule is CS(=O)(=O)c1ccc(NS(=O)(=O)c2ccc(OC(F)(F)F)cc2)cc1. The first-order chi connectivity index (χ1) is 11.4. The molecule has 25 heavy (non-hydrogen) atoms. The molecule has 0 aliphatic carbocycles. The van der Waals surface area contributed by atoms with Gasteiger partial charge in [-0.25, -0.2) is 16.8 Å². The highest BCUT2D eigenvalue weighted by atomic mass is 32.2. The summed E-state index contributed by atoms with van der Waals surface area (Å²) in [5, 5.41) is 0. The summed E-state index contributed by atoms with van der Waals surface area (Å²) in [6.45, 7) is 0.